The van der Waals surface area contributed by atoms with Crippen LogP contribution in [0, 0.1) is 19.8 Å². The number of aliphatic imine (C=N–C) groups is 1. The summed E-state index contributed by atoms with van der Waals surface area (Å²) in [5, 5.41) is 7.80. The summed E-state index contributed by atoms with van der Waals surface area (Å²) >= 11 is 1.72. The lowest BCUT2D eigenvalue weighted by Crippen LogP contribution is -2.36. The van der Waals surface area contributed by atoms with Gasteiger partial charge in [-0.05, 0) is 32.8 Å². The van der Waals surface area contributed by atoms with Crippen LogP contribution in [0.3, 0.4) is 0 Å². The van der Waals surface area contributed by atoms with E-state index in [9.17, 15) is 0 Å². The monoisotopic (exact) mass is 502 g/mol. The molecule has 1 aromatic heterocycles. The second-order valence-corrected chi connectivity index (χ2v) is 7.89. The molecule has 0 fully saturated rings. The van der Waals surface area contributed by atoms with E-state index in [1.165, 1.54) is 4.88 Å². The van der Waals surface area contributed by atoms with Crippen molar-refractivity contribution in [1.29, 1.82) is 0 Å². The smallest absolute Gasteiger partial charge is 0.191 e. The second-order valence-electron chi connectivity index (χ2n) is 6.60. The summed E-state index contributed by atoms with van der Waals surface area (Å²) < 4.78 is 5.92. The van der Waals surface area contributed by atoms with E-state index < -0.39 is 0 Å². The van der Waals surface area contributed by atoms with E-state index in [1.807, 2.05) is 32.0 Å². The molecule has 2 N–H and O–H groups in total. The average Bonchev–Trinajstić information content (AvgIpc) is 2.93. The Morgan fingerprint density at radius 3 is 2.59 bits per heavy atom. The summed E-state index contributed by atoms with van der Waals surface area (Å²) in [4.78, 5) is 10.4. The van der Waals surface area contributed by atoms with E-state index in [0.29, 0.717) is 19.1 Å². The molecule has 0 unspecified atom stereocenters. The minimum absolute atomic E-state index is 0. The van der Waals surface area contributed by atoms with Gasteiger partial charge in [0.15, 0.2) is 5.96 Å². The lowest BCUT2D eigenvalue weighted by atomic mass is 10.2. The van der Waals surface area contributed by atoms with Crippen LogP contribution < -0.4 is 15.4 Å². The van der Waals surface area contributed by atoms with Gasteiger partial charge in [-0.15, -0.1) is 35.3 Å². The number of rotatable bonds is 8. The maximum atomic E-state index is 5.92. The Hall–Kier alpha value is -1.35. The molecular weight excluding hydrogens is 471 g/mol. The minimum atomic E-state index is 0. The number of nitrogens with one attached hydrogen (secondary N) is 2. The molecule has 0 saturated heterocycles. The molecule has 2 aromatic rings. The van der Waals surface area contributed by atoms with Gasteiger partial charge in [0.2, 0.25) is 0 Å². The largest absolute Gasteiger partial charge is 0.493 e. The Morgan fingerprint density at radius 1 is 1.22 bits per heavy atom. The van der Waals surface area contributed by atoms with Gasteiger partial charge in [0, 0.05) is 17.0 Å². The summed E-state index contributed by atoms with van der Waals surface area (Å²) in [6, 6.07) is 8.11. The van der Waals surface area contributed by atoms with Crippen LogP contribution in [0.4, 0.5) is 0 Å². The Bertz CT molecular complexity index is 731. The molecule has 0 aliphatic rings. The first-order valence-corrected chi connectivity index (χ1v) is 9.97. The second kappa shape index (κ2) is 12.2. The van der Waals surface area contributed by atoms with Gasteiger partial charge in [-0.2, -0.15) is 0 Å². The highest BCUT2D eigenvalue weighted by Gasteiger charge is 2.07. The third kappa shape index (κ3) is 8.04. The van der Waals surface area contributed by atoms with Gasteiger partial charge >= 0.3 is 0 Å². The number of hydrogen-bond acceptors (Lipinski definition) is 4. The Labute approximate surface area is 184 Å². The Balaban J connectivity index is 0.00000364. The Morgan fingerprint density at radius 2 is 1.96 bits per heavy atom. The van der Waals surface area contributed by atoms with Crippen molar-refractivity contribution in [2.75, 3.05) is 13.2 Å². The number of halogens is 1. The highest BCUT2D eigenvalue weighted by atomic mass is 127. The van der Waals surface area contributed by atoms with Gasteiger partial charge in [-0.25, -0.2) is 9.98 Å². The molecule has 7 heteroatoms. The molecule has 0 amide bonds. The van der Waals surface area contributed by atoms with E-state index in [2.05, 4.69) is 42.5 Å². The molecule has 0 radical (unpaired) electrons. The molecule has 150 valence electrons. The van der Waals surface area contributed by atoms with Crippen molar-refractivity contribution < 1.29 is 4.74 Å². The summed E-state index contributed by atoms with van der Waals surface area (Å²) in [5.41, 5.74) is 2.18. The fraction of sp³-hybridized carbons (Fsp3) is 0.500. The molecule has 2 rings (SSSR count). The van der Waals surface area contributed by atoms with Crippen LogP contribution in [-0.4, -0.2) is 24.1 Å². The number of benzene rings is 1. The van der Waals surface area contributed by atoms with Crippen LogP contribution in [0.5, 0.6) is 5.75 Å². The molecule has 0 aliphatic carbocycles. The molecular formula is C20H31IN4OS. The van der Waals surface area contributed by atoms with Crippen LogP contribution in [0.1, 0.15) is 41.9 Å². The van der Waals surface area contributed by atoms with Crippen LogP contribution >= 0.6 is 35.3 Å². The minimum Gasteiger partial charge on any atom is -0.493 e. The normalized spacial score (nSPS) is 11.3. The number of para-hydroxylation sites is 1. The first-order chi connectivity index (χ1) is 12.5. The molecule has 5 nitrogen and oxygen atoms in total. The van der Waals surface area contributed by atoms with Crippen LogP contribution in [0.25, 0.3) is 0 Å². The predicted molar refractivity (Wildman–Crippen MR) is 125 cm³/mol. The zero-order chi connectivity index (χ0) is 18.9. The van der Waals surface area contributed by atoms with Gasteiger partial charge in [-0.1, -0.05) is 32.0 Å². The van der Waals surface area contributed by atoms with Crippen molar-refractivity contribution in [3.8, 4) is 5.75 Å². The van der Waals surface area contributed by atoms with Crippen molar-refractivity contribution in [3.05, 3.63) is 45.4 Å². The quantitative estimate of drug-likeness (QED) is 0.313. The average molecular weight is 502 g/mol. The highest BCUT2D eigenvalue weighted by molar-refractivity contribution is 14.0. The molecule has 0 atom stereocenters. The summed E-state index contributed by atoms with van der Waals surface area (Å²) in [6.07, 6.45) is 0. The van der Waals surface area contributed by atoms with Crippen molar-refractivity contribution in [2.24, 2.45) is 10.9 Å². The number of hydrogen-bond donors (Lipinski definition) is 2. The molecule has 1 aromatic carbocycles. The molecule has 0 aliphatic heterocycles. The van der Waals surface area contributed by atoms with Crippen molar-refractivity contribution in [1.82, 2.24) is 15.6 Å². The zero-order valence-electron chi connectivity index (χ0n) is 16.8. The van der Waals surface area contributed by atoms with Crippen molar-refractivity contribution in [3.63, 3.8) is 0 Å². The number of aromatic nitrogens is 1. The number of aryl methyl sites for hydroxylation is 2. The highest BCUT2D eigenvalue weighted by Crippen LogP contribution is 2.20. The van der Waals surface area contributed by atoms with Crippen LogP contribution in [0.2, 0.25) is 0 Å². The third-order valence-electron chi connectivity index (χ3n) is 3.71. The lowest BCUT2D eigenvalue weighted by molar-refractivity contribution is 0.268. The maximum absolute atomic E-state index is 5.92. The van der Waals surface area contributed by atoms with Gasteiger partial charge in [0.1, 0.15) is 5.75 Å². The summed E-state index contributed by atoms with van der Waals surface area (Å²) in [6.45, 7) is 13.3. The van der Waals surface area contributed by atoms with E-state index >= 15 is 0 Å². The van der Waals surface area contributed by atoms with E-state index in [4.69, 9.17) is 9.73 Å². The third-order valence-corrected chi connectivity index (χ3v) is 4.79. The van der Waals surface area contributed by atoms with Gasteiger partial charge in [0.05, 0.1) is 30.4 Å². The lowest BCUT2D eigenvalue weighted by Gasteiger charge is -2.13. The standard InChI is InChI=1S/C20H30N4OS.HI/c1-6-21-20(23-12-19-15(4)24-16(5)26-19)22-11-17-9-7-8-10-18(17)25-13-14(2)3;/h7-10,14H,6,11-13H2,1-5H3,(H2,21,22,23);1H. The van der Waals surface area contributed by atoms with Crippen LogP contribution in [-0.2, 0) is 13.1 Å². The number of nitrogens with zero attached hydrogens (tertiary/aromatic N) is 2. The summed E-state index contributed by atoms with van der Waals surface area (Å²) in [7, 11) is 0. The van der Waals surface area contributed by atoms with E-state index in [-0.39, 0.29) is 24.0 Å². The number of guanidine groups is 1. The maximum Gasteiger partial charge on any atom is 0.191 e. The molecule has 1 heterocycles. The first kappa shape index (κ1) is 23.7. The number of ether oxygens (including phenoxy) is 1. The Kier molecular flexibility index (Phi) is 10.7. The summed E-state index contributed by atoms with van der Waals surface area (Å²) in [5.74, 6) is 2.21. The zero-order valence-corrected chi connectivity index (χ0v) is 20.0. The van der Waals surface area contributed by atoms with E-state index in [1.54, 1.807) is 11.3 Å². The van der Waals surface area contributed by atoms with Crippen molar-refractivity contribution in [2.45, 2.75) is 47.7 Å². The molecule has 0 saturated carbocycles. The SMILES string of the molecule is CCNC(=NCc1ccccc1OCC(C)C)NCc1sc(C)nc1C.I. The number of thiazole rings is 1. The fourth-order valence-electron chi connectivity index (χ4n) is 2.44. The van der Waals surface area contributed by atoms with Crippen molar-refractivity contribution >= 4 is 41.3 Å². The van der Waals surface area contributed by atoms with Gasteiger partial charge in [0.25, 0.3) is 0 Å². The van der Waals surface area contributed by atoms with E-state index in [0.717, 1.165) is 41.1 Å². The molecule has 27 heavy (non-hydrogen) atoms. The molecule has 0 bridgehead atoms. The van der Waals surface area contributed by atoms with Gasteiger partial charge in [-0.3, -0.25) is 0 Å². The fourth-order valence-corrected chi connectivity index (χ4v) is 3.32. The predicted octanol–water partition coefficient (Wildman–Crippen LogP) is 4.67. The topological polar surface area (TPSA) is 58.5 Å². The molecule has 0 spiro atoms. The van der Waals surface area contributed by atoms with Gasteiger partial charge < -0.3 is 15.4 Å². The first-order valence-electron chi connectivity index (χ1n) is 9.15. The van der Waals surface area contributed by atoms with Crippen LogP contribution in [0.15, 0.2) is 29.3 Å².